The minimum Gasteiger partial charge on any atom is -0.493 e. The van der Waals surface area contributed by atoms with E-state index < -0.39 is 0 Å². The fraction of sp³-hybridized carbons (Fsp3) is 0.250. The Hall–Kier alpha value is -1.32. The van der Waals surface area contributed by atoms with Gasteiger partial charge in [-0.15, -0.1) is 0 Å². The molecular formula is C16H18ClNOS. The van der Waals surface area contributed by atoms with Crippen molar-refractivity contribution in [3.8, 4) is 5.75 Å². The Morgan fingerprint density at radius 1 is 1.10 bits per heavy atom. The van der Waals surface area contributed by atoms with Crippen molar-refractivity contribution in [3.63, 3.8) is 0 Å². The molecule has 0 heterocycles. The summed E-state index contributed by atoms with van der Waals surface area (Å²) in [5.74, 6) is 2.92. The van der Waals surface area contributed by atoms with Crippen molar-refractivity contribution in [2.75, 3.05) is 18.1 Å². The third-order valence-electron chi connectivity index (χ3n) is 2.74. The van der Waals surface area contributed by atoms with Gasteiger partial charge in [0.1, 0.15) is 5.75 Å². The summed E-state index contributed by atoms with van der Waals surface area (Å²) in [4.78, 5) is 0. The number of hydrogen-bond donors (Lipinski definition) is 1. The zero-order valence-corrected chi connectivity index (χ0v) is 12.8. The minimum absolute atomic E-state index is 0.719. The molecule has 2 nitrogen and oxygen atoms in total. The molecule has 0 amide bonds. The molecule has 20 heavy (non-hydrogen) atoms. The van der Waals surface area contributed by atoms with E-state index >= 15 is 0 Å². The molecule has 2 N–H and O–H groups in total. The van der Waals surface area contributed by atoms with Crippen molar-refractivity contribution in [1.82, 2.24) is 0 Å². The van der Waals surface area contributed by atoms with Crippen LogP contribution in [0.2, 0.25) is 5.02 Å². The lowest BCUT2D eigenvalue weighted by Gasteiger charge is -2.06. The fourth-order valence-corrected chi connectivity index (χ4v) is 2.75. The molecule has 0 saturated carbocycles. The van der Waals surface area contributed by atoms with Crippen LogP contribution in [0.5, 0.6) is 5.75 Å². The number of nitrogens with two attached hydrogens (primary N) is 1. The molecule has 2 aromatic rings. The van der Waals surface area contributed by atoms with E-state index in [-0.39, 0.29) is 0 Å². The average Bonchev–Trinajstić information content (AvgIpc) is 2.45. The number of thioether (sulfide) groups is 1. The standard InChI is InChI=1S/C16H18ClNOS/c17-14-7-5-13(6-8-14)12-20-10-2-9-19-16-4-1-3-15(18)11-16/h1,3-8,11H,2,9-10,12,18H2. The molecule has 0 aliphatic carbocycles. The molecule has 106 valence electrons. The highest BCUT2D eigenvalue weighted by Gasteiger charge is 1.96. The van der Waals surface area contributed by atoms with Gasteiger partial charge in [-0.3, -0.25) is 0 Å². The maximum Gasteiger partial charge on any atom is 0.121 e. The van der Waals surface area contributed by atoms with Gasteiger partial charge in [-0.25, -0.2) is 0 Å². The lowest BCUT2D eigenvalue weighted by atomic mass is 10.2. The minimum atomic E-state index is 0.719. The maximum absolute atomic E-state index is 5.85. The van der Waals surface area contributed by atoms with Crippen molar-refractivity contribution in [3.05, 3.63) is 59.1 Å². The highest BCUT2D eigenvalue weighted by atomic mass is 35.5. The lowest BCUT2D eigenvalue weighted by Crippen LogP contribution is -1.99. The zero-order chi connectivity index (χ0) is 14.2. The summed E-state index contributed by atoms with van der Waals surface area (Å²) in [6.45, 7) is 0.719. The van der Waals surface area contributed by atoms with E-state index in [0.717, 1.165) is 41.0 Å². The summed E-state index contributed by atoms with van der Waals surface area (Å²) < 4.78 is 5.64. The summed E-state index contributed by atoms with van der Waals surface area (Å²) in [6.07, 6.45) is 1.02. The first-order chi connectivity index (χ1) is 9.74. The molecule has 0 aromatic heterocycles. The Morgan fingerprint density at radius 3 is 2.65 bits per heavy atom. The largest absolute Gasteiger partial charge is 0.493 e. The Bertz CT molecular complexity index is 530. The number of anilines is 1. The van der Waals surface area contributed by atoms with Crippen LogP contribution in [-0.2, 0) is 5.75 Å². The zero-order valence-electron chi connectivity index (χ0n) is 11.2. The number of rotatable bonds is 7. The SMILES string of the molecule is Nc1cccc(OCCCSCc2ccc(Cl)cc2)c1. The van der Waals surface area contributed by atoms with Gasteiger partial charge in [0, 0.05) is 22.5 Å². The molecule has 0 atom stereocenters. The second kappa shape index (κ2) is 8.08. The van der Waals surface area contributed by atoms with Gasteiger partial charge in [0.15, 0.2) is 0 Å². The van der Waals surface area contributed by atoms with Gasteiger partial charge in [0.2, 0.25) is 0 Å². The molecular weight excluding hydrogens is 290 g/mol. The van der Waals surface area contributed by atoms with E-state index in [1.54, 1.807) is 0 Å². The van der Waals surface area contributed by atoms with Gasteiger partial charge in [-0.1, -0.05) is 29.8 Å². The first-order valence-electron chi connectivity index (χ1n) is 6.54. The summed E-state index contributed by atoms with van der Waals surface area (Å²) in [6, 6.07) is 15.5. The highest BCUT2D eigenvalue weighted by molar-refractivity contribution is 7.98. The van der Waals surface area contributed by atoms with E-state index in [1.165, 1.54) is 5.56 Å². The number of ether oxygens (including phenoxy) is 1. The predicted molar refractivity (Wildman–Crippen MR) is 88.6 cm³/mol. The van der Waals surface area contributed by atoms with Crippen LogP contribution in [0.15, 0.2) is 48.5 Å². The summed E-state index contributed by atoms with van der Waals surface area (Å²) >= 11 is 7.75. The maximum atomic E-state index is 5.85. The second-order valence-corrected chi connectivity index (χ2v) is 6.00. The molecule has 4 heteroatoms. The van der Waals surface area contributed by atoms with Crippen LogP contribution >= 0.6 is 23.4 Å². The van der Waals surface area contributed by atoms with Gasteiger partial charge in [-0.05, 0) is 42.0 Å². The smallest absolute Gasteiger partial charge is 0.121 e. The Morgan fingerprint density at radius 2 is 1.90 bits per heavy atom. The van der Waals surface area contributed by atoms with E-state index in [1.807, 2.05) is 48.2 Å². The average molecular weight is 308 g/mol. The number of benzene rings is 2. The Labute approximate surface area is 129 Å². The van der Waals surface area contributed by atoms with Crippen molar-refractivity contribution in [2.24, 2.45) is 0 Å². The third kappa shape index (κ3) is 5.35. The molecule has 2 rings (SSSR count). The normalized spacial score (nSPS) is 10.4. The molecule has 0 radical (unpaired) electrons. The van der Waals surface area contributed by atoms with Crippen LogP contribution in [0.3, 0.4) is 0 Å². The van der Waals surface area contributed by atoms with E-state index in [2.05, 4.69) is 12.1 Å². The van der Waals surface area contributed by atoms with Gasteiger partial charge < -0.3 is 10.5 Å². The lowest BCUT2D eigenvalue weighted by molar-refractivity contribution is 0.319. The molecule has 0 aliphatic heterocycles. The number of hydrogen-bond acceptors (Lipinski definition) is 3. The van der Waals surface area contributed by atoms with Crippen LogP contribution in [-0.4, -0.2) is 12.4 Å². The van der Waals surface area contributed by atoms with Crippen molar-refractivity contribution in [1.29, 1.82) is 0 Å². The Kier molecular flexibility index (Phi) is 6.09. The molecule has 0 aliphatic rings. The van der Waals surface area contributed by atoms with Crippen LogP contribution in [0, 0.1) is 0 Å². The van der Waals surface area contributed by atoms with E-state index in [9.17, 15) is 0 Å². The van der Waals surface area contributed by atoms with Crippen molar-refractivity contribution in [2.45, 2.75) is 12.2 Å². The molecule has 0 fully saturated rings. The van der Waals surface area contributed by atoms with Crippen LogP contribution < -0.4 is 10.5 Å². The van der Waals surface area contributed by atoms with Gasteiger partial charge >= 0.3 is 0 Å². The topological polar surface area (TPSA) is 35.2 Å². The van der Waals surface area contributed by atoms with Crippen molar-refractivity contribution >= 4 is 29.1 Å². The molecule has 0 saturated heterocycles. The molecule has 2 aromatic carbocycles. The Balaban J connectivity index is 1.59. The van der Waals surface area contributed by atoms with E-state index in [0.29, 0.717) is 0 Å². The van der Waals surface area contributed by atoms with Crippen LogP contribution in [0.1, 0.15) is 12.0 Å². The predicted octanol–water partition coefficient (Wildman–Crippen LogP) is 4.62. The summed E-state index contributed by atoms with van der Waals surface area (Å²) in [5.41, 5.74) is 7.73. The fourth-order valence-electron chi connectivity index (χ4n) is 1.73. The molecule has 0 spiro atoms. The highest BCUT2D eigenvalue weighted by Crippen LogP contribution is 2.17. The number of nitrogen functional groups attached to an aromatic ring is 1. The molecule has 0 bridgehead atoms. The first-order valence-corrected chi connectivity index (χ1v) is 8.08. The third-order valence-corrected chi connectivity index (χ3v) is 4.11. The van der Waals surface area contributed by atoms with Crippen LogP contribution in [0.25, 0.3) is 0 Å². The van der Waals surface area contributed by atoms with Crippen LogP contribution in [0.4, 0.5) is 5.69 Å². The molecule has 0 unspecified atom stereocenters. The number of halogens is 1. The summed E-state index contributed by atoms with van der Waals surface area (Å²) in [7, 11) is 0. The van der Waals surface area contributed by atoms with Gasteiger partial charge in [0.05, 0.1) is 6.61 Å². The van der Waals surface area contributed by atoms with Gasteiger partial charge in [-0.2, -0.15) is 11.8 Å². The summed E-state index contributed by atoms with van der Waals surface area (Å²) in [5, 5.41) is 0.786. The second-order valence-electron chi connectivity index (χ2n) is 4.45. The quantitative estimate of drug-likeness (QED) is 0.598. The first kappa shape index (κ1) is 15.1. The van der Waals surface area contributed by atoms with E-state index in [4.69, 9.17) is 22.1 Å². The van der Waals surface area contributed by atoms with Gasteiger partial charge in [0.25, 0.3) is 0 Å². The van der Waals surface area contributed by atoms with Crippen molar-refractivity contribution < 1.29 is 4.74 Å². The monoisotopic (exact) mass is 307 g/mol.